The van der Waals surface area contributed by atoms with E-state index in [0.29, 0.717) is 23.5 Å². The molecule has 0 saturated carbocycles. The van der Waals surface area contributed by atoms with E-state index in [9.17, 15) is 19.5 Å². The lowest BCUT2D eigenvalue weighted by molar-refractivity contribution is 0.0521. The highest BCUT2D eigenvalue weighted by Crippen LogP contribution is 2.24. The summed E-state index contributed by atoms with van der Waals surface area (Å²) in [5, 5.41) is 9.46. The molecule has 1 aromatic heterocycles. The molecule has 0 aliphatic rings. The molecule has 33 heavy (non-hydrogen) atoms. The third kappa shape index (κ3) is 5.37. The lowest BCUT2D eigenvalue weighted by Crippen LogP contribution is -2.33. The molecule has 3 aromatic rings. The number of aryl methyl sites for hydroxylation is 2. The summed E-state index contributed by atoms with van der Waals surface area (Å²) in [6, 6.07) is 14.2. The average Bonchev–Trinajstić information content (AvgIpc) is 2.80. The zero-order valence-corrected chi connectivity index (χ0v) is 19.1. The maximum absolute atomic E-state index is 13.3. The SMILES string of the molecule is CCCCc1nc(C)c(C(=O)OCC)c(=O)n1Cc1ccc(-c2ccccc2C(=O)O)cc1. The Hall–Kier alpha value is -3.74. The van der Waals surface area contributed by atoms with Gasteiger partial charge in [0.05, 0.1) is 24.4 Å². The van der Waals surface area contributed by atoms with Crippen molar-refractivity contribution in [2.45, 2.75) is 46.6 Å². The van der Waals surface area contributed by atoms with Crippen LogP contribution in [0.25, 0.3) is 11.1 Å². The van der Waals surface area contributed by atoms with Crippen molar-refractivity contribution in [1.82, 2.24) is 9.55 Å². The number of carboxylic acids is 1. The summed E-state index contributed by atoms with van der Waals surface area (Å²) >= 11 is 0. The summed E-state index contributed by atoms with van der Waals surface area (Å²) in [7, 11) is 0. The second-order valence-electron chi connectivity index (χ2n) is 7.75. The lowest BCUT2D eigenvalue weighted by atomic mass is 9.98. The van der Waals surface area contributed by atoms with Crippen molar-refractivity contribution in [3.63, 3.8) is 0 Å². The molecule has 0 spiro atoms. The molecule has 0 amide bonds. The van der Waals surface area contributed by atoms with Gasteiger partial charge >= 0.3 is 11.9 Å². The molecule has 0 unspecified atom stereocenters. The van der Waals surface area contributed by atoms with Crippen LogP contribution in [0.2, 0.25) is 0 Å². The highest BCUT2D eigenvalue weighted by molar-refractivity contribution is 5.96. The second-order valence-corrected chi connectivity index (χ2v) is 7.75. The third-order valence-electron chi connectivity index (χ3n) is 5.43. The number of aromatic carboxylic acids is 1. The molecule has 0 bridgehead atoms. The normalized spacial score (nSPS) is 10.8. The van der Waals surface area contributed by atoms with Crippen LogP contribution in [0, 0.1) is 6.92 Å². The van der Waals surface area contributed by atoms with Crippen molar-refractivity contribution < 1.29 is 19.4 Å². The highest BCUT2D eigenvalue weighted by atomic mass is 16.5. The third-order valence-corrected chi connectivity index (χ3v) is 5.43. The first-order valence-corrected chi connectivity index (χ1v) is 11.1. The van der Waals surface area contributed by atoms with E-state index >= 15 is 0 Å². The fourth-order valence-corrected chi connectivity index (χ4v) is 3.74. The zero-order chi connectivity index (χ0) is 24.0. The number of hydrogen-bond donors (Lipinski definition) is 1. The van der Waals surface area contributed by atoms with Gasteiger partial charge in [0.1, 0.15) is 11.4 Å². The molecule has 0 radical (unpaired) electrons. The van der Waals surface area contributed by atoms with Crippen molar-refractivity contribution in [2.24, 2.45) is 0 Å². The number of esters is 1. The van der Waals surface area contributed by atoms with Crippen LogP contribution in [-0.2, 0) is 17.7 Å². The number of carbonyl (C=O) groups excluding carboxylic acids is 1. The molecule has 1 heterocycles. The van der Waals surface area contributed by atoms with Crippen LogP contribution in [0.4, 0.5) is 0 Å². The monoisotopic (exact) mass is 448 g/mol. The molecule has 0 aliphatic heterocycles. The minimum atomic E-state index is -0.987. The van der Waals surface area contributed by atoms with Crippen LogP contribution in [-0.4, -0.2) is 33.2 Å². The molecule has 1 N–H and O–H groups in total. The fourth-order valence-electron chi connectivity index (χ4n) is 3.74. The van der Waals surface area contributed by atoms with Crippen LogP contribution in [0.5, 0.6) is 0 Å². The molecule has 0 aliphatic carbocycles. The average molecular weight is 449 g/mol. The predicted molar refractivity (Wildman–Crippen MR) is 126 cm³/mol. The van der Waals surface area contributed by atoms with E-state index < -0.39 is 17.5 Å². The number of benzene rings is 2. The van der Waals surface area contributed by atoms with Crippen LogP contribution < -0.4 is 5.56 Å². The standard InChI is InChI=1S/C26H28N2O5/c1-4-6-11-22-27-17(3)23(26(32)33-5-2)24(29)28(22)16-18-12-14-19(15-13-18)20-9-7-8-10-21(20)25(30)31/h7-10,12-15H,4-6,11,16H2,1-3H3,(H,30,31). The topological polar surface area (TPSA) is 98.5 Å². The van der Waals surface area contributed by atoms with Crippen molar-refractivity contribution in [3.05, 3.63) is 87.1 Å². The summed E-state index contributed by atoms with van der Waals surface area (Å²) < 4.78 is 6.61. The summed E-state index contributed by atoms with van der Waals surface area (Å²) in [6.07, 6.45) is 2.45. The van der Waals surface area contributed by atoms with Gasteiger partial charge in [0.25, 0.3) is 5.56 Å². The summed E-state index contributed by atoms with van der Waals surface area (Å²) in [5.74, 6) is -1.02. The van der Waals surface area contributed by atoms with Gasteiger partial charge in [-0.3, -0.25) is 9.36 Å². The van der Waals surface area contributed by atoms with E-state index in [0.717, 1.165) is 24.0 Å². The van der Waals surface area contributed by atoms with Gasteiger partial charge in [0.15, 0.2) is 0 Å². The number of carboxylic acid groups (broad SMARTS) is 1. The van der Waals surface area contributed by atoms with E-state index in [1.165, 1.54) is 4.57 Å². The number of nitrogens with zero attached hydrogens (tertiary/aromatic N) is 2. The molecular formula is C26H28N2O5. The Morgan fingerprint density at radius 1 is 1.06 bits per heavy atom. The zero-order valence-electron chi connectivity index (χ0n) is 19.1. The highest BCUT2D eigenvalue weighted by Gasteiger charge is 2.21. The molecule has 172 valence electrons. The number of hydrogen-bond acceptors (Lipinski definition) is 5. The molecule has 7 nitrogen and oxygen atoms in total. The van der Waals surface area contributed by atoms with Crippen molar-refractivity contribution in [1.29, 1.82) is 0 Å². The molecule has 3 rings (SSSR count). The number of ether oxygens (including phenoxy) is 1. The van der Waals surface area contributed by atoms with E-state index in [4.69, 9.17) is 4.74 Å². The molecule has 0 atom stereocenters. The Morgan fingerprint density at radius 2 is 1.76 bits per heavy atom. The minimum absolute atomic E-state index is 0.0379. The maximum atomic E-state index is 13.3. The van der Waals surface area contributed by atoms with Gasteiger partial charge in [-0.1, -0.05) is 55.8 Å². The number of carbonyl (C=O) groups is 2. The lowest BCUT2D eigenvalue weighted by Gasteiger charge is -2.16. The Morgan fingerprint density at radius 3 is 2.39 bits per heavy atom. The Labute approximate surface area is 192 Å². The van der Waals surface area contributed by atoms with E-state index in [1.54, 1.807) is 38.1 Å². The number of unbranched alkanes of at least 4 members (excludes halogenated alkanes) is 1. The Bertz CT molecular complexity index is 1210. The van der Waals surface area contributed by atoms with Gasteiger partial charge in [0, 0.05) is 6.42 Å². The van der Waals surface area contributed by atoms with Crippen LogP contribution >= 0.6 is 0 Å². The van der Waals surface area contributed by atoms with E-state index in [2.05, 4.69) is 11.9 Å². The van der Waals surface area contributed by atoms with E-state index in [-0.39, 0.29) is 24.3 Å². The fraction of sp³-hybridized carbons (Fsp3) is 0.308. The van der Waals surface area contributed by atoms with Crippen molar-refractivity contribution in [3.8, 4) is 11.1 Å². The first-order valence-electron chi connectivity index (χ1n) is 11.1. The van der Waals surface area contributed by atoms with E-state index in [1.807, 2.05) is 24.3 Å². The van der Waals surface area contributed by atoms with Crippen LogP contribution in [0.3, 0.4) is 0 Å². The minimum Gasteiger partial charge on any atom is -0.478 e. The van der Waals surface area contributed by atoms with Gasteiger partial charge in [-0.05, 0) is 43.0 Å². The summed E-state index contributed by atoms with van der Waals surface area (Å²) in [6.45, 7) is 5.84. The molecule has 7 heteroatoms. The molecular weight excluding hydrogens is 420 g/mol. The first-order chi connectivity index (χ1) is 15.9. The van der Waals surface area contributed by atoms with Crippen molar-refractivity contribution >= 4 is 11.9 Å². The van der Waals surface area contributed by atoms with Gasteiger partial charge in [-0.25, -0.2) is 14.6 Å². The number of aromatic nitrogens is 2. The molecule has 2 aromatic carbocycles. The van der Waals surface area contributed by atoms with Crippen molar-refractivity contribution in [2.75, 3.05) is 6.61 Å². The van der Waals surface area contributed by atoms with Crippen LogP contribution in [0.1, 0.15) is 64.5 Å². The summed E-state index contributed by atoms with van der Waals surface area (Å²) in [4.78, 5) is 41.7. The predicted octanol–water partition coefficient (Wildman–Crippen LogP) is 4.48. The Balaban J connectivity index is 2.00. The first kappa shape index (κ1) is 23.9. The van der Waals surface area contributed by atoms with Gasteiger partial charge in [-0.15, -0.1) is 0 Å². The summed E-state index contributed by atoms with van der Waals surface area (Å²) in [5.41, 5.74) is 2.39. The van der Waals surface area contributed by atoms with Gasteiger partial charge < -0.3 is 9.84 Å². The van der Waals surface area contributed by atoms with Gasteiger partial charge in [0.2, 0.25) is 0 Å². The molecule has 0 fully saturated rings. The second kappa shape index (κ2) is 10.7. The molecule has 0 saturated heterocycles. The maximum Gasteiger partial charge on any atom is 0.345 e. The largest absolute Gasteiger partial charge is 0.478 e. The quantitative estimate of drug-likeness (QED) is 0.485. The van der Waals surface area contributed by atoms with Crippen LogP contribution in [0.15, 0.2) is 53.3 Å². The van der Waals surface area contributed by atoms with Gasteiger partial charge in [-0.2, -0.15) is 0 Å². The number of rotatable bonds is 9. The smallest absolute Gasteiger partial charge is 0.345 e. The Kier molecular flexibility index (Phi) is 7.77.